The molecule has 0 unspecified atom stereocenters. The minimum Gasteiger partial charge on any atom is -0.509 e. The third-order valence-electron chi connectivity index (χ3n) is 1.83. The maximum Gasteiger partial charge on any atom is 0.259 e. The van der Waals surface area contributed by atoms with E-state index in [0.717, 1.165) is 0 Å². The summed E-state index contributed by atoms with van der Waals surface area (Å²) in [4.78, 5) is 22.0. The van der Waals surface area contributed by atoms with Gasteiger partial charge < -0.3 is 10.4 Å². The maximum absolute atomic E-state index is 11.1. The smallest absolute Gasteiger partial charge is 0.259 e. The first kappa shape index (κ1) is 8.77. The molecule has 1 aliphatic rings. The highest BCUT2D eigenvalue weighted by Crippen LogP contribution is 2.24. The molecule has 0 fully saturated rings. The highest BCUT2D eigenvalue weighted by atomic mass is 16.3. The summed E-state index contributed by atoms with van der Waals surface area (Å²) in [5, 5.41) is 11.9. The molecule has 12 heavy (non-hydrogen) atoms. The van der Waals surface area contributed by atoms with Crippen molar-refractivity contribution in [1.82, 2.24) is 5.32 Å². The van der Waals surface area contributed by atoms with E-state index in [1.54, 1.807) is 13.8 Å². The minimum atomic E-state index is -0.807. The summed E-state index contributed by atoms with van der Waals surface area (Å²) in [6.45, 7) is 4.53. The van der Waals surface area contributed by atoms with E-state index < -0.39 is 17.2 Å². The molecule has 0 atom stereocenters. The predicted octanol–water partition coefficient (Wildman–Crippen LogP) is 0.296. The van der Waals surface area contributed by atoms with Crippen LogP contribution >= 0.6 is 0 Å². The normalized spacial score (nSPS) is 21.1. The van der Waals surface area contributed by atoms with Crippen LogP contribution in [0.3, 0.4) is 0 Å². The van der Waals surface area contributed by atoms with Gasteiger partial charge in [-0.05, 0) is 20.8 Å². The molecule has 66 valence electrons. The lowest BCUT2D eigenvalue weighted by Crippen LogP contribution is -2.38. The van der Waals surface area contributed by atoms with Crippen LogP contribution in [0, 0.1) is 0 Å². The van der Waals surface area contributed by atoms with Crippen LogP contribution < -0.4 is 5.32 Å². The third-order valence-corrected chi connectivity index (χ3v) is 1.83. The number of Topliss-reactive ketones (excluding diaryl/α,β-unsaturated/α-hetero) is 1. The van der Waals surface area contributed by atoms with E-state index in [2.05, 4.69) is 5.32 Å². The predicted molar refractivity (Wildman–Crippen MR) is 42.6 cm³/mol. The SMILES string of the molecule is CC(=O)C1=C(O)C(C)(C)NC1=O. The average molecular weight is 169 g/mol. The van der Waals surface area contributed by atoms with Gasteiger partial charge in [0.05, 0.1) is 5.54 Å². The molecule has 1 amide bonds. The summed E-state index contributed by atoms with van der Waals surface area (Å²) < 4.78 is 0. The fourth-order valence-electron chi connectivity index (χ4n) is 1.15. The zero-order chi connectivity index (χ0) is 9.52. The van der Waals surface area contributed by atoms with E-state index in [0.29, 0.717) is 0 Å². The van der Waals surface area contributed by atoms with Crippen LogP contribution in [0.5, 0.6) is 0 Å². The molecule has 1 heterocycles. The lowest BCUT2D eigenvalue weighted by atomic mass is 10.0. The average Bonchev–Trinajstić information content (AvgIpc) is 2.02. The number of carbonyl (C=O) groups is 2. The Labute approximate surface area is 70.3 Å². The van der Waals surface area contributed by atoms with Gasteiger partial charge in [0.25, 0.3) is 5.91 Å². The summed E-state index contributed by atoms with van der Waals surface area (Å²) >= 11 is 0. The molecule has 0 aromatic carbocycles. The van der Waals surface area contributed by atoms with Gasteiger partial charge in [-0.25, -0.2) is 0 Å². The van der Waals surface area contributed by atoms with Crippen molar-refractivity contribution in [2.45, 2.75) is 26.3 Å². The quantitative estimate of drug-likeness (QED) is 0.554. The lowest BCUT2D eigenvalue weighted by molar-refractivity contribution is -0.121. The topological polar surface area (TPSA) is 66.4 Å². The number of aliphatic hydroxyl groups excluding tert-OH is 1. The zero-order valence-electron chi connectivity index (χ0n) is 7.26. The van der Waals surface area contributed by atoms with Crippen LogP contribution in [-0.4, -0.2) is 22.3 Å². The van der Waals surface area contributed by atoms with Gasteiger partial charge in [-0.2, -0.15) is 0 Å². The zero-order valence-corrected chi connectivity index (χ0v) is 7.26. The Morgan fingerprint density at radius 1 is 1.50 bits per heavy atom. The molecule has 0 aromatic rings. The van der Waals surface area contributed by atoms with Gasteiger partial charge in [0.15, 0.2) is 5.78 Å². The van der Waals surface area contributed by atoms with Crippen molar-refractivity contribution in [3.05, 3.63) is 11.3 Å². The molecule has 4 heteroatoms. The second-order valence-corrected chi connectivity index (χ2v) is 3.36. The molecule has 1 rings (SSSR count). The number of rotatable bonds is 1. The monoisotopic (exact) mass is 169 g/mol. The van der Waals surface area contributed by atoms with E-state index in [9.17, 15) is 14.7 Å². The van der Waals surface area contributed by atoms with Crippen molar-refractivity contribution in [3.8, 4) is 0 Å². The van der Waals surface area contributed by atoms with Crippen molar-refractivity contribution in [2.75, 3.05) is 0 Å². The Morgan fingerprint density at radius 2 is 2.00 bits per heavy atom. The number of ketones is 1. The standard InChI is InChI=1S/C8H11NO3/c1-4(10)5-6(11)8(2,3)9-7(5)12/h11H,1-3H3,(H,9,12). The van der Waals surface area contributed by atoms with E-state index in [-0.39, 0.29) is 11.3 Å². The van der Waals surface area contributed by atoms with Crippen molar-refractivity contribution in [2.24, 2.45) is 0 Å². The van der Waals surface area contributed by atoms with E-state index in [4.69, 9.17) is 0 Å². The number of amides is 1. The van der Waals surface area contributed by atoms with Crippen molar-refractivity contribution >= 4 is 11.7 Å². The fraction of sp³-hybridized carbons (Fsp3) is 0.500. The fourth-order valence-corrected chi connectivity index (χ4v) is 1.15. The minimum absolute atomic E-state index is 0.125. The third kappa shape index (κ3) is 1.09. The Bertz CT molecular complexity index is 289. The van der Waals surface area contributed by atoms with Gasteiger partial charge in [-0.3, -0.25) is 9.59 Å². The second-order valence-electron chi connectivity index (χ2n) is 3.36. The molecule has 0 saturated carbocycles. The summed E-state index contributed by atoms with van der Waals surface area (Å²) in [6, 6.07) is 0. The van der Waals surface area contributed by atoms with Crippen LogP contribution in [0.15, 0.2) is 11.3 Å². The maximum atomic E-state index is 11.1. The van der Waals surface area contributed by atoms with E-state index in [1.807, 2.05) is 0 Å². The van der Waals surface area contributed by atoms with Gasteiger partial charge in [0, 0.05) is 0 Å². The number of nitrogens with one attached hydrogen (secondary N) is 1. The molecule has 4 nitrogen and oxygen atoms in total. The number of aliphatic hydroxyl groups is 1. The van der Waals surface area contributed by atoms with Gasteiger partial charge in [-0.15, -0.1) is 0 Å². The molecule has 0 saturated heterocycles. The molecule has 0 radical (unpaired) electrons. The highest BCUT2D eigenvalue weighted by molar-refractivity contribution is 6.20. The van der Waals surface area contributed by atoms with Crippen molar-refractivity contribution < 1.29 is 14.7 Å². The molecule has 2 N–H and O–H groups in total. The molecule has 0 aromatic heterocycles. The highest BCUT2D eigenvalue weighted by Gasteiger charge is 2.39. The number of carbonyl (C=O) groups excluding carboxylic acids is 2. The van der Waals surface area contributed by atoms with Gasteiger partial charge in [0.1, 0.15) is 11.3 Å². The van der Waals surface area contributed by atoms with Crippen molar-refractivity contribution in [1.29, 1.82) is 0 Å². The first-order chi connectivity index (χ1) is 5.36. The summed E-state index contributed by atoms with van der Waals surface area (Å²) in [6.07, 6.45) is 0. The molecular formula is C8H11NO3. The largest absolute Gasteiger partial charge is 0.509 e. The van der Waals surface area contributed by atoms with Crippen LogP contribution in [-0.2, 0) is 9.59 Å². The molecule has 0 spiro atoms. The summed E-state index contributed by atoms with van der Waals surface area (Å²) in [7, 11) is 0. The number of hydrogen-bond donors (Lipinski definition) is 2. The van der Waals surface area contributed by atoms with Gasteiger partial charge in [-0.1, -0.05) is 0 Å². The van der Waals surface area contributed by atoms with Crippen LogP contribution in [0.4, 0.5) is 0 Å². The summed E-state index contributed by atoms with van der Waals surface area (Å²) in [5.41, 5.74) is -0.932. The summed E-state index contributed by atoms with van der Waals surface area (Å²) in [5.74, 6) is -1.07. The first-order valence-electron chi connectivity index (χ1n) is 3.63. The van der Waals surface area contributed by atoms with Gasteiger partial charge >= 0.3 is 0 Å². The Hall–Kier alpha value is -1.32. The van der Waals surface area contributed by atoms with E-state index in [1.165, 1.54) is 6.92 Å². The molecular weight excluding hydrogens is 158 g/mol. The second kappa shape index (κ2) is 2.33. The lowest BCUT2D eigenvalue weighted by Gasteiger charge is -2.17. The first-order valence-corrected chi connectivity index (χ1v) is 3.63. The van der Waals surface area contributed by atoms with Crippen LogP contribution in [0.2, 0.25) is 0 Å². The van der Waals surface area contributed by atoms with Gasteiger partial charge in [0.2, 0.25) is 0 Å². The van der Waals surface area contributed by atoms with Crippen molar-refractivity contribution in [3.63, 3.8) is 0 Å². The Balaban J connectivity index is 3.20. The van der Waals surface area contributed by atoms with Crippen LogP contribution in [0.1, 0.15) is 20.8 Å². The van der Waals surface area contributed by atoms with Crippen LogP contribution in [0.25, 0.3) is 0 Å². The Kier molecular flexibility index (Phi) is 1.71. The van der Waals surface area contributed by atoms with E-state index >= 15 is 0 Å². The molecule has 0 aliphatic carbocycles. The molecule has 0 bridgehead atoms. The molecule has 1 aliphatic heterocycles. The number of hydrogen-bond acceptors (Lipinski definition) is 3. The Morgan fingerprint density at radius 3 is 2.17 bits per heavy atom.